The normalized spacial score (nSPS) is 16.1. The van der Waals surface area contributed by atoms with Crippen LogP contribution in [0.25, 0.3) is 5.57 Å². The van der Waals surface area contributed by atoms with E-state index in [1.165, 1.54) is 10.5 Å². The lowest BCUT2D eigenvalue weighted by molar-refractivity contribution is 0.704. The van der Waals surface area contributed by atoms with E-state index in [9.17, 15) is 0 Å². The van der Waals surface area contributed by atoms with Gasteiger partial charge in [-0.05, 0) is 50.6 Å². The molecule has 1 aromatic heterocycles. The molecule has 0 saturated heterocycles. The van der Waals surface area contributed by atoms with Crippen molar-refractivity contribution >= 4 is 23.0 Å². The molecule has 0 unspecified atom stereocenters. The van der Waals surface area contributed by atoms with E-state index < -0.39 is 0 Å². The number of nitrogens with one attached hydrogen (secondary N) is 1. The zero-order valence-electron chi connectivity index (χ0n) is 12.0. The highest BCUT2D eigenvalue weighted by Gasteiger charge is 2.23. The van der Waals surface area contributed by atoms with Gasteiger partial charge in [0.25, 0.3) is 0 Å². The van der Waals surface area contributed by atoms with E-state index in [0.29, 0.717) is 0 Å². The Morgan fingerprint density at radius 2 is 1.80 bits per heavy atom. The average molecular weight is 282 g/mol. The summed E-state index contributed by atoms with van der Waals surface area (Å²) in [7, 11) is 0. The molecule has 2 nitrogen and oxygen atoms in total. The van der Waals surface area contributed by atoms with Crippen LogP contribution in [0.15, 0.2) is 58.5 Å². The molecular weight excluding hydrogens is 264 g/mol. The maximum atomic E-state index is 4.79. The number of fused-ring (bicyclic) bond motifs is 1. The molecule has 2 heterocycles. The molecule has 0 bridgehead atoms. The Kier molecular flexibility index (Phi) is 3.30. The molecule has 1 aliphatic rings. The number of hydrogen-bond acceptors (Lipinski definition) is 3. The summed E-state index contributed by atoms with van der Waals surface area (Å²) in [5.74, 6) is 0. The van der Waals surface area contributed by atoms with Gasteiger partial charge in [-0.1, -0.05) is 36.0 Å². The van der Waals surface area contributed by atoms with Crippen LogP contribution in [-0.4, -0.2) is 10.5 Å². The summed E-state index contributed by atoms with van der Waals surface area (Å²) in [4.78, 5) is 6.00. The lowest BCUT2D eigenvalue weighted by atomic mass is 9.94. The first-order chi connectivity index (χ1) is 9.53. The second-order valence-corrected chi connectivity index (χ2v) is 6.73. The van der Waals surface area contributed by atoms with E-state index in [0.717, 1.165) is 16.4 Å². The van der Waals surface area contributed by atoms with E-state index in [1.807, 2.05) is 6.07 Å². The third kappa shape index (κ3) is 2.73. The van der Waals surface area contributed by atoms with Gasteiger partial charge in [-0.3, -0.25) is 0 Å². The number of hydrogen-bond donors (Lipinski definition) is 1. The third-order valence-electron chi connectivity index (χ3n) is 3.24. The number of nitrogens with zero attached hydrogens (tertiary/aromatic N) is 1. The SMILES string of the molecule is CC1=CC(C)(C)Nc2ccc(Sc3ccccc3)nc21. The fraction of sp³-hybridized carbons (Fsp3) is 0.235. The number of anilines is 1. The van der Waals surface area contributed by atoms with Gasteiger partial charge in [-0.25, -0.2) is 4.98 Å². The first-order valence-corrected chi connectivity index (χ1v) is 7.57. The lowest BCUT2D eigenvalue weighted by Gasteiger charge is -2.30. The number of aromatic nitrogens is 1. The first-order valence-electron chi connectivity index (χ1n) is 6.75. The van der Waals surface area contributed by atoms with Crippen LogP contribution in [0.2, 0.25) is 0 Å². The molecule has 0 amide bonds. The standard InChI is InChI=1S/C17H18N2S/c1-12-11-17(2,3)19-14-9-10-15(18-16(12)14)20-13-7-5-4-6-8-13/h4-11,19H,1-3H3. The number of rotatable bonds is 2. The summed E-state index contributed by atoms with van der Waals surface area (Å²) in [6, 6.07) is 14.6. The number of pyridine rings is 1. The minimum atomic E-state index is -0.00709. The predicted octanol–water partition coefficient (Wildman–Crippen LogP) is 4.84. The van der Waals surface area contributed by atoms with Gasteiger partial charge in [0.2, 0.25) is 0 Å². The van der Waals surface area contributed by atoms with Gasteiger partial charge in [0, 0.05) is 4.90 Å². The Hall–Kier alpha value is -1.74. The quantitative estimate of drug-likeness (QED) is 0.853. The monoisotopic (exact) mass is 282 g/mol. The Morgan fingerprint density at radius 3 is 2.55 bits per heavy atom. The van der Waals surface area contributed by atoms with Crippen molar-refractivity contribution in [3.8, 4) is 0 Å². The molecular formula is C17H18N2S. The van der Waals surface area contributed by atoms with Gasteiger partial charge in [0.05, 0.1) is 16.9 Å². The fourth-order valence-corrected chi connectivity index (χ4v) is 3.31. The minimum absolute atomic E-state index is 0.00709. The van der Waals surface area contributed by atoms with Crippen molar-refractivity contribution in [1.29, 1.82) is 0 Å². The molecule has 1 N–H and O–H groups in total. The predicted molar refractivity (Wildman–Crippen MR) is 86.2 cm³/mol. The van der Waals surface area contributed by atoms with Crippen molar-refractivity contribution in [2.24, 2.45) is 0 Å². The van der Waals surface area contributed by atoms with Crippen LogP contribution >= 0.6 is 11.8 Å². The van der Waals surface area contributed by atoms with Crippen molar-refractivity contribution in [1.82, 2.24) is 4.98 Å². The zero-order valence-corrected chi connectivity index (χ0v) is 12.8. The first kappa shape index (κ1) is 13.3. The molecule has 0 radical (unpaired) electrons. The maximum Gasteiger partial charge on any atom is 0.102 e. The summed E-state index contributed by atoms with van der Waals surface area (Å²) < 4.78 is 0. The molecule has 3 rings (SSSR count). The topological polar surface area (TPSA) is 24.9 Å². The van der Waals surface area contributed by atoms with Crippen LogP contribution in [-0.2, 0) is 0 Å². The van der Waals surface area contributed by atoms with Gasteiger partial charge in [0.1, 0.15) is 5.03 Å². The largest absolute Gasteiger partial charge is 0.375 e. The van der Waals surface area contributed by atoms with E-state index in [-0.39, 0.29) is 5.54 Å². The summed E-state index contributed by atoms with van der Waals surface area (Å²) in [5.41, 5.74) is 3.41. The van der Waals surface area contributed by atoms with E-state index in [2.05, 4.69) is 68.6 Å². The smallest absolute Gasteiger partial charge is 0.102 e. The van der Waals surface area contributed by atoms with Gasteiger partial charge < -0.3 is 5.32 Å². The van der Waals surface area contributed by atoms with E-state index >= 15 is 0 Å². The fourth-order valence-electron chi connectivity index (χ4n) is 2.50. The molecule has 0 aliphatic carbocycles. The maximum absolute atomic E-state index is 4.79. The molecule has 0 atom stereocenters. The molecule has 0 spiro atoms. The number of benzene rings is 1. The summed E-state index contributed by atoms with van der Waals surface area (Å²) in [6.45, 7) is 6.48. The Labute approximate surface area is 124 Å². The van der Waals surface area contributed by atoms with E-state index in [1.54, 1.807) is 11.8 Å². The molecule has 1 aromatic carbocycles. The third-order valence-corrected chi connectivity index (χ3v) is 4.19. The Morgan fingerprint density at radius 1 is 1.05 bits per heavy atom. The van der Waals surface area contributed by atoms with Gasteiger partial charge in [-0.2, -0.15) is 0 Å². The average Bonchev–Trinajstić information content (AvgIpc) is 2.40. The summed E-state index contributed by atoms with van der Waals surface area (Å²) in [6.07, 6.45) is 2.24. The van der Waals surface area contributed by atoms with Crippen LogP contribution in [0.4, 0.5) is 5.69 Å². The van der Waals surface area contributed by atoms with Gasteiger partial charge in [0.15, 0.2) is 0 Å². The van der Waals surface area contributed by atoms with Crippen LogP contribution < -0.4 is 5.32 Å². The second-order valence-electron chi connectivity index (χ2n) is 5.63. The zero-order chi connectivity index (χ0) is 14.2. The Balaban J connectivity index is 1.93. The molecule has 2 aromatic rings. The molecule has 20 heavy (non-hydrogen) atoms. The van der Waals surface area contributed by atoms with Crippen molar-refractivity contribution in [3.05, 3.63) is 54.2 Å². The molecule has 0 saturated carbocycles. The van der Waals surface area contributed by atoms with Crippen molar-refractivity contribution in [2.45, 2.75) is 36.2 Å². The van der Waals surface area contributed by atoms with Crippen LogP contribution in [0.1, 0.15) is 26.5 Å². The molecule has 0 fully saturated rings. The molecule has 3 heteroatoms. The minimum Gasteiger partial charge on any atom is -0.375 e. The van der Waals surface area contributed by atoms with Crippen LogP contribution in [0.3, 0.4) is 0 Å². The summed E-state index contributed by atoms with van der Waals surface area (Å²) >= 11 is 1.70. The highest BCUT2D eigenvalue weighted by molar-refractivity contribution is 7.99. The van der Waals surface area contributed by atoms with Gasteiger partial charge >= 0.3 is 0 Å². The highest BCUT2D eigenvalue weighted by Crippen LogP contribution is 2.35. The van der Waals surface area contributed by atoms with Gasteiger partial charge in [-0.15, -0.1) is 0 Å². The van der Waals surface area contributed by atoms with Crippen LogP contribution in [0, 0.1) is 0 Å². The van der Waals surface area contributed by atoms with Crippen molar-refractivity contribution in [2.75, 3.05) is 5.32 Å². The molecule has 102 valence electrons. The van der Waals surface area contributed by atoms with E-state index in [4.69, 9.17) is 4.98 Å². The second kappa shape index (κ2) is 4.98. The Bertz CT molecular complexity index is 660. The lowest BCUT2D eigenvalue weighted by Crippen LogP contribution is -2.31. The van der Waals surface area contributed by atoms with Crippen molar-refractivity contribution in [3.63, 3.8) is 0 Å². The molecule has 1 aliphatic heterocycles. The highest BCUT2D eigenvalue weighted by atomic mass is 32.2. The number of allylic oxidation sites excluding steroid dienone is 1. The van der Waals surface area contributed by atoms with Crippen molar-refractivity contribution < 1.29 is 0 Å². The van der Waals surface area contributed by atoms with Crippen LogP contribution in [0.5, 0.6) is 0 Å². The summed E-state index contributed by atoms with van der Waals surface area (Å²) in [5, 5.41) is 4.54.